The van der Waals surface area contributed by atoms with Crippen LogP contribution in [0, 0.1) is 0 Å². The number of hydrogen-bond donors (Lipinski definition) is 2. The number of piperidine rings is 1. The number of thiocarbonyl (C=S) groups is 1. The van der Waals surface area contributed by atoms with Gasteiger partial charge in [-0.25, -0.2) is 0 Å². The molecule has 1 aliphatic rings. The van der Waals surface area contributed by atoms with Crippen molar-refractivity contribution in [3.63, 3.8) is 0 Å². The average Bonchev–Trinajstić information content (AvgIpc) is 2.48. The van der Waals surface area contributed by atoms with Crippen LogP contribution in [0.25, 0.3) is 0 Å². The van der Waals surface area contributed by atoms with Gasteiger partial charge in [0.2, 0.25) is 0 Å². The van der Waals surface area contributed by atoms with Crippen LogP contribution in [-0.2, 0) is 6.54 Å². The zero-order chi connectivity index (χ0) is 15.1. The first-order valence-electron chi connectivity index (χ1n) is 7.58. The molecule has 2 rings (SSSR count). The second kappa shape index (κ2) is 8.15. The molecule has 0 amide bonds. The Morgan fingerprint density at radius 2 is 1.95 bits per heavy atom. The van der Waals surface area contributed by atoms with Crippen molar-refractivity contribution in [2.75, 3.05) is 19.6 Å². The van der Waals surface area contributed by atoms with E-state index >= 15 is 0 Å². The number of nitrogens with zero attached hydrogens (tertiary/aromatic N) is 1. The lowest BCUT2D eigenvalue weighted by molar-refractivity contribution is 0.199. The summed E-state index contributed by atoms with van der Waals surface area (Å²) in [6.45, 7) is 9.90. The van der Waals surface area contributed by atoms with Crippen LogP contribution < -0.4 is 10.6 Å². The molecule has 0 radical (unpaired) electrons. The maximum Gasteiger partial charge on any atom is 0.166 e. The molecule has 1 fully saturated rings. The lowest BCUT2D eigenvalue weighted by Gasteiger charge is -2.33. The van der Waals surface area contributed by atoms with E-state index in [1.54, 1.807) is 0 Å². The zero-order valence-corrected chi connectivity index (χ0v) is 13.6. The van der Waals surface area contributed by atoms with Crippen LogP contribution in [0.2, 0.25) is 0 Å². The highest BCUT2D eigenvalue weighted by atomic mass is 32.1. The summed E-state index contributed by atoms with van der Waals surface area (Å²) in [5, 5.41) is 7.35. The van der Waals surface area contributed by atoms with Crippen LogP contribution in [-0.4, -0.2) is 35.7 Å². The van der Waals surface area contributed by atoms with Gasteiger partial charge in [-0.3, -0.25) is 4.90 Å². The smallest absolute Gasteiger partial charge is 0.166 e. The summed E-state index contributed by atoms with van der Waals surface area (Å²) in [6, 6.07) is 11.2. The minimum atomic E-state index is 0.488. The highest BCUT2D eigenvalue weighted by Crippen LogP contribution is 2.13. The minimum absolute atomic E-state index is 0.488. The Hall–Kier alpha value is -1.39. The normalized spacial score (nSPS) is 16.4. The van der Waals surface area contributed by atoms with E-state index in [1.165, 1.54) is 5.56 Å². The lowest BCUT2D eigenvalue weighted by Crippen LogP contribution is -2.47. The molecule has 1 aromatic carbocycles. The maximum atomic E-state index is 5.31. The largest absolute Gasteiger partial charge is 0.360 e. The number of rotatable bonds is 5. The van der Waals surface area contributed by atoms with Gasteiger partial charge in [0.15, 0.2) is 5.11 Å². The van der Waals surface area contributed by atoms with Crippen molar-refractivity contribution in [1.82, 2.24) is 15.5 Å². The van der Waals surface area contributed by atoms with Crippen LogP contribution in [0.1, 0.15) is 25.3 Å². The van der Waals surface area contributed by atoms with E-state index in [1.807, 2.05) is 6.92 Å². The third-order valence-electron chi connectivity index (χ3n) is 3.72. The van der Waals surface area contributed by atoms with Gasteiger partial charge >= 0.3 is 0 Å². The lowest BCUT2D eigenvalue weighted by atomic mass is 10.0. The average molecular weight is 303 g/mol. The topological polar surface area (TPSA) is 27.3 Å². The molecule has 1 aliphatic heterocycles. The SMILES string of the molecule is C=C(C)CNC(=S)NC1CCN(Cc2ccccc2)CC1. The molecule has 0 aliphatic carbocycles. The Bertz CT molecular complexity index is 464. The summed E-state index contributed by atoms with van der Waals surface area (Å²) in [7, 11) is 0. The fourth-order valence-corrected chi connectivity index (χ4v) is 2.78. The first-order valence-corrected chi connectivity index (χ1v) is 7.99. The Kier molecular flexibility index (Phi) is 6.21. The Morgan fingerprint density at radius 1 is 1.29 bits per heavy atom. The van der Waals surface area contributed by atoms with Gasteiger partial charge < -0.3 is 10.6 Å². The molecule has 114 valence electrons. The first-order chi connectivity index (χ1) is 10.1. The molecule has 0 bridgehead atoms. The molecular weight excluding hydrogens is 278 g/mol. The molecule has 1 aromatic rings. The molecule has 0 atom stereocenters. The molecule has 4 heteroatoms. The molecule has 1 heterocycles. The predicted octanol–water partition coefficient (Wildman–Crippen LogP) is 2.69. The highest BCUT2D eigenvalue weighted by molar-refractivity contribution is 7.80. The van der Waals surface area contributed by atoms with Crippen LogP contribution in [0.3, 0.4) is 0 Å². The Morgan fingerprint density at radius 3 is 2.57 bits per heavy atom. The number of hydrogen-bond acceptors (Lipinski definition) is 2. The zero-order valence-electron chi connectivity index (χ0n) is 12.8. The molecule has 0 spiro atoms. The fourth-order valence-electron chi connectivity index (χ4n) is 2.54. The van der Waals surface area contributed by atoms with Crippen molar-refractivity contribution < 1.29 is 0 Å². The van der Waals surface area contributed by atoms with Gasteiger partial charge in [-0.1, -0.05) is 42.5 Å². The van der Waals surface area contributed by atoms with Crippen LogP contribution in [0.5, 0.6) is 0 Å². The molecule has 0 saturated carbocycles. The number of likely N-dealkylation sites (tertiary alicyclic amines) is 1. The highest BCUT2D eigenvalue weighted by Gasteiger charge is 2.19. The fraction of sp³-hybridized carbons (Fsp3) is 0.471. The second-order valence-corrected chi connectivity index (χ2v) is 6.23. The minimum Gasteiger partial charge on any atom is -0.360 e. The van der Waals surface area contributed by atoms with Crippen molar-refractivity contribution in [2.24, 2.45) is 0 Å². The van der Waals surface area contributed by atoms with E-state index in [9.17, 15) is 0 Å². The summed E-state index contributed by atoms with van der Waals surface area (Å²) in [6.07, 6.45) is 2.28. The van der Waals surface area contributed by atoms with Crippen molar-refractivity contribution in [3.05, 3.63) is 48.0 Å². The molecule has 0 unspecified atom stereocenters. The summed E-state index contributed by atoms with van der Waals surface area (Å²) in [5.41, 5.74) is 2.49. The van der Waals surface area contributed by atoms with Gasteiger partial charge in [0.05, 0.1) is 0 Å². The molecule has 21 heavy (non-hydrogen) atoms. The number of nitrogens with one attached hydrogen (secondary N) is 2. The number of benzene rings is 1. The summed E-state index contributed by atoms with van der Waals surface area (Å²) < 4.78 is 0. The van der Waals surface area contributed by atoms with Gasteiger partial charge in [-0.15, -0.1) is 0 Å². The Labute approximate surface area is 133 Å². The quantitative estimate of drug-likeness (QED) is 0.646. The monoisotopic (exact) mass is 303 g/mol. The van der Waals surface area contributed by atoms with Gasteiger partial charge in [0.25, 0.3) is 0 Å². The molecule has 1 saturated heterocycles. The van der Waals surface area contributed by atoms with E-state index in [-0.39, 0.29) is 0 Å². The Balaban J connectivity index is 1.68. The van der Waals surface area contributed by atoms with Gasteiger partial charge in [0.1, 0.15) is 0 Å². The summed E-state index contributed by atoms with van der Waals surface area (Å²) in [5.74, 6) is 0. The first kappa shape index (κ1) is 16.0. The van der Waals surface area contributed by atoms with Crippen molar-refractivity contribution in [1.29, 1.82) is 0 Å². The molecule has 3 nitrogen and oxygen atoms in total. The van der Waals surface area contributed by atoms with Gasteiger partial charge in [-0.2, -0.15) is 0 Å². The van der Waals surface area contributed by atoms with E-state index in [0.717, 1.165) is 49.7 Å². The predicted molar refractivity (Wildman–Crippen MR) is 93.3 cm³/mol. The third-order valence-corrected chi connectivity index (χ3v) is 3.98. The van der Waals surface area contributed by atoms with E-state index < -0.39 is 0 Å². The standard InChI is InChI=1S/C17H25N3S/c1-14(2)12-18-17(21)19-16-8-10-20(11-9-16)13-15-6-4-3-5-7-15/h3-7,16H,1,8-13H2,2H3,(H2,18,19,21). The van der Waals surface area contributed by atoms with Crippen molar-refractivity contribution in [2.45, 2.75) is 32.4 Å². The van der Waals surface area contributed by atoms with Gasteiger partial charge in [-0.05, 0) is 37.5 Å². The van der Waals surface area contributed by atoms with Crippen LogP contribution in [0.4, 0.5) is 0 Å². The third kappa shape index (κ3) is 5.86. The summed E-state index contributed by atoms with van der Waals surface area (Å²) >= 11 is 5.31. The molecular formula is C17H25N3S. The molecule has 2 N–H and O–H groups in total. The second-order valence-electron chi connectivity index (χ2n) is 5.82. The van der Waals surface area contributed by atoms with E-state index in [0.29, 0.717) is 6.04 Å². The maximum absolute atomic E-state index is 5.31. The van der Waals surface area contributed by atoms with Crippen molar-refractivity contribution >= 4 is 17.3 Å². The van der Waals surface area contributed by atoms with E-state index in [4.69, 9.17) is 12.2 Å². The summed E-state index contributed by atoms with van der Waals surface area (Å²) in [4.78, 5) is 2.51. The van der Waals surface area contributed by atoms with Crippen LogP contribution >= 0.6 is 12.2 Å². The van der Waals surface area contributed by atoms with Gasteiger partial charge in [0, 0.05) is 32.2 Å². The van der Waals surface area contributed by atoms with E-state index in [2.05, 4.69) is 52.4 Å². The van der Waals surface area contributed by atoms with Crippen LogP contribution in [0.15, 0.2) is 42.5 Å². The molecule has 0 aromatic heterocycles. The van der Waals surface area contributed by atoms with Crippen molar-refractivity contribution in [3.8, 4) is 0 Å².